The van der Waals surface area contributed by atoms with E-state index >= 15 is 0 Å². The Balaban J connectivity index is 0.00000160. The number of carbonyl (C=O) groups is 2. The van der Waals surface area contributed by atoms with E-state index in [1.807, 2.05) is 4.90 Å². The van der Waals surface area contributed by atoms with E-state index in [9.17, 15) is 9.59 Å². The molecule has 30 heavy (non-hydrogen) atoms. The lowest BCUT2D eigenvalue weighted by molar-refractivity contribution is -0.134. The van der Waals surface area contributed by atoms with Crippen molar-refractivity contribution in [2.24, 2.45) is 11.8 Å². The van der Waals surface area contributed by atoms with Crippen molar-refractivity contribution in [3.63, 3.8) is 0 Å². The predicted octanol–water partition coefficient (Wildman–Crippen LogP) is 2.59. The lowest BCUT2D eigenvalue weighted by atomic mass is 9.87. The Hall–Kier alpha value is -0.560. The van der Waals surface area contributed by atoms with Gasteiger partial charge >= 0.3 is 0 Å². The van der Waals surface area contributed by atoms with Crippen LogP contribution in [0.25, 0.3) is 0 Å². The fraction of sp³-hybridized carbons (Fsp3) is 0.909. The molecule has 3 aliphatic heterocycles. The van der Waals surface area contributed by atoms with Gasteiger partial charge in [-0.2, -0.15) is 0 Å². The molecule has 0 spiro atoms. The van der Waals surface area contributed by atoms with Crippen molar-refractivity contribution in [2.75, 3.05) is 32.7 Å². The second-order valence-electron chi connectivity index (χ2n) is 9.87. The average molecular weight is 463 g/mol. The number of amides is 2. The van der Waals surface area contributed by atoms with Crippen LogP contribution in [0, 0.1) is 11.8 Å². The number of fused-ring (bicyclic) bond motifs is 2. The summed E-state index contributed by atoms with van der Waals surface area (Å²) in [5.74, 6) is 1.77. The number of rotatable bonds is 5. The monoisotopic (exact) mass is 462 g/mol. The third-order valence-electron chi connectivity index (χ3n) is 7.43. The van der Waals surface area contributed by atoms with E-state index in [4.69, 9.17) is 0 Å². The first-order valence-corrected chi connectivity index (χ1v) is 11.6. The Morgan fingerprint density at radius 3 is 2.23 bits per heavy atom. The summed E-state index contributed by atoms with van der Waals surface area (Å²) in [6, 6.07) is 1.66. The summed E-state index contributed by atoms with van der Waals surface area (Å²) in [5, 5.41) is 6.89. The zero-order chi connectivity index (χ0) is 19.5. The van der Waals surface area contributed by atoms with Gasteiger partial charge in [0, 0.05) is 50.7 Å². The molecule has 4 fully saturated rings. The molecule has 1 aliphatic carbocycles. The molecule has 0 aromatic heterocycles. The molecule has 8 heteroatoms. The van der Waals surface area contributed by atoms with Crippen LogP contribution < -0.4 is 10.6 Å². The van der Waals surface area contributed by atoms with Crippen molar-refractivity contribution in [3.8, 4) is 0 Å². The first-order chi connectivity index (χ1) is 13.5. The van der Waals surface area contributed by atoms with E-state index < -0.39 is 0 Å². The van der Waals surface area contributed by atoms with E-state index in [-0.39, 0.29) is 30.7 Å². The van der Waals surface area contributed by atoms with Crippen molar-refractivity contribution in [2.45, 2.75) is 82.8 Å². The predicted molar refractivity (Wildman–Crippen MR) is 124 cm³/mol. The summed E-state index contributed by atoms with van der Waals surface area (Å²) in [6.45, 7) is 5.93. The SMILES string of the molecule is CC1CCCC(NC(=O)CN2CCN(C(=O)CC3CC4CCC(C3)N4)CC2)C1.Cl.Cl. The fourth-order valence-corrected chi connectivity index (χ4v) is 5.91. The van der Waals surface area contributed by atoms with Gasteiger partial charge in [-0.1, -0.05) is 19.8 Å². The molecule has 4 atom stereocenters. The maximum atomic E-state index is 12.7. The molecule has 0 aromatic rings. The molecule has 2 amide bonds. The molecule has 3 saturated heterocycles. The average Bonchev–Trinajstić information content (AvgIpc) is 3.00. The quantitative estimate of drug-likeness (QED) is 0.658. The first kappa shape index (κ1) is 25.7. The van der Waals surface area contributed by atoms with Gasteiger partial charge in [-0.3, -0.25) is 14.5 Å². The van der Waals surface area contributed by atoms with Crippen LogP contribution in [0.5, 0.6) is 0 Å². The molecule has 4 rings (SSSR count). The lowest BCUT2D eigenvalue weighted by Gasteiger charge is -2.36. The van der Waals surface area contributed by atoms with Crippen LogP contribution in [0.4, 0.5) is 0 Å². The maximum absolute atomic E-state index is 12.7. The number of halogens is 2. The van der Waals surface area contributed by atoms with Gasteiger partial charge in [0.05, 0.1) is 6.54 Å². The Morgan fingerprint density at radius 1 is 0.933 bits per heavy atom. The minimum atomic E-state index is 0. The lowest BCUT2D eigenvalue weighted by Crippen LogP contribution is -2.52. The van der Waals surface area contributed by atoms with Gasteiger partial charge in [0.2, 0.25) is 11.8 Å². The fourth-order valence-electron chi connectivity index (χ4n) is 5.91. The zero-order valence-electron chi connectivity index (χ0n) is 18.3. The molecule has 4 unspecified atom stereocenters. The van der Waals surface area contributed by atoms with Crippen molar-refractivity contribution >= 4 is 36.6 Å². The van der Waals surface area contributed by atoms with Crippen LogP contribution in [0.2, 0.25) is 0 Å². The maximum Gasteiger partial charge on any atom is 0.234 e. The van der Waals surface area contributed by atoms with E-state index in [0.717, 1.165) is 51.4 Å². The molecule has 3 heterocycles. The van der Waals surface area contributed by atoms with Crippen molar-refractivity contribution < 1.29 is 9.59 Å². The van der Waals surface area contributed by atoms with Crippen LogP contribution in [0.3, 0.4) is 0 Å². The molecule has 0 aromatic carbocycles. The molecule has 2 N–H and O–H groups in total. The van der Waals surface area contributed by atoms with Gasteiger partial charge in [0.15, 0.2) is 0 Å². The summed E-state index contributed by atoms with van der Waals surface area (Å²) in [6.07, 6.45) is 10.4. The van der Waals surface area contributed by atoms with Gasteiger partial charge in [-0.05, 0) is 50.4 Å². The highest BCUT2D eigenvalue weighted by atomic mass is 35.5. The van der Waals surface area contributed by atoms with Crippen LogP contribution in [-0.2, 0) is 9.59 Å². The molecule has 6 nitrogen and oxygen atoms in total. The van der Waals surface area contributed by atoms with Gasteiger partial charge < -0.3 is 15.5 Å². The molecule has 1 saturated carbocycles. The number of piperidine rings is 1. The van der Waals surface area contributed by atoms with Crippen molar-refractivity contribution in [3.05, 3.63) is 0 Å². The van der Waals surface area contributed by atoms with Crippen molar-refractivity contribution in [1.29, 1.82) is 0 Å². The Morgan fingerprint density at radius 2 is 1.60 bits per heavy atom. The summed E-state index contributed by atoms with van der Waals surface area (Å²) < 4.78 is 0. The highest BCUT2D eigenvalue weighted by Gasteiger charge is 2.35. The van der Waals surface area contributed by atoms with E-state index in [2.05, 4.69) is 22.5 Å². The largest absolute Gasteiger partial charge is 0.352 e. The van der Waals surface area contributed by atoms with Crippen molar-refractivity contribution in [1.82, 2.24) is 20.4 Å². The number of nitrogens with one attached hydrogen (secondary N) is 2. The number of hydrogen-bond acceptors (Lipinski definition) is 4. The number of nitrogens with zero attached hydrogens (tertiary/aromatic N) is 2. The first-order valence-electron chi connectivity index (χ1n) is 11.6. The minimum absolute atomic E-state index is 0. The minimum Gasteiger partial charge on any atom is -0.352 e. The number of carbonyl (C=O) groups excluding carboxylic acids is 2. The Bertz CT molecular complexity index is 559. The third-order valence-corrected chi connectivity index (χ3v) is 7.43. The summed E-state index contributed by atoms with van der Waals surface area (Å²) in [4.78, 5) is 29.4. The molecule has 4 aliphatic rings. The highest BCUT2D eigenvalue weighted by Crippen LogP contribution is 2.33. The standard InChI is InChI=1S/C22H38N4O2.2ClH/c1-16-3-2-4-18(11-16)24-21(27)15-25-7-9-26(10-8-25)22(28)14-17-12-19-5-6-20(13-17)23-19;;/h16-20,23H,2-15H2,1H3,(H,24,27);2*1H. The van der Waals surface area contributed by atoms with Crippen LogP contribution in [0.1, 0.15) is 64.7 Å². The van der Waals surface area contributed by atoms with Gasteiger partial charge in [0.25, 0.3) is 0 Å². The molecule has 0 radical (unpaired) electrons. The molecule has 174 valence electrons. The van der Waals surface area contributed by atoms with E-state index in [1.165, 1.54) is 38.5 Å². The van der Waals surface area contributed by atoms with E-state index in [1.54, 1.807) is 0 Å². The third kappa shape index (κ3) is 6.98. The molecule has 2 bridgehead atoms. The van der Waals surface area contributed by atoms with Crippen LogP contribution >= 0.6 is 24.8 Å². The normalized spacial score (nSPS) is 33.9. The number of piperazine rings is 1. The summed E-state index contributed by atoms with van der Waals surface area (Å²) in [7, 11) is 0. The Labute approximate surface area is 194 Å². The smallest absolute Gasteiger partial charge is 0.234 e. The van der Waals surface area contributed by atoms with Gasteiger partial charge in [-0.25, -0.2) is 0 Å². The topological polar surface area (TPSA) is 64.7 Å². The van der Waals surface area contributed by atoms with Crippen LogP contribution in [0.15, 0.2) is 0 Å². The van der Waals surface area contributed by atoms with Crippen LogP contribution in [-0.4, -0.2) is 72.5 Å². The van der Waals surface area contributed by atoms with Gasteiger partial charge in [0.1, 0.15) is 0 Å². The zero-order valence-corrected chi connectivity index (χ0v) is 19.9. The number of hydrogen-bond donors (Lipinski definition) is 2. The molecular weight excluding hydrogens is 423 g/mol. The second-order valence-corrected chi connectivity index (χ2v) is 9.87. The highest BCUT2D eigenvalue weighted by molar-refractivity contribution is 5.85. The Kier molecular flexibility index (Phi) is 10.2. The summed E-state index contributed by atoms with van der Waals surface area (Å²) >= 11 is 0. The van der Waals surface area contributed by atoms with E-state index in [0.29, 0.717) is 36.5 Å². The summed E-state index contributed by atoms with van der Waals surface area (Å²) in [5.41, 5.74) is 0. The van der Waals surface area contributed by atoms with Gasteiger partial charge in [-0.15, -0.1) is 24.8 Å². The molecular formula is C22H40Cl2N4O2. The second kappa shape index (κ2) is 11.9.